The summed E-state index contributed by atoms with van der Waals surface area (Å²) in [5.74, 6) is 2.06. The van der Waals surface area contributed by atoms with Gasteiger partial charge in [0.25, 0.3) is 5.91 Å². The molecule has 0 radical (unpaired) electrons. The first-order valence-corrected chi connectivity index (χ1v) is 15.7. The van der Waals surface area contributed by atoms with Crippen LogP contribution < -0.4 is 10.1 Å². The Kier molecular flexibility index (Phi) is 7.39. The lowest BCUT2D eigenvalue weighted by molar-refractivity contribution is -0.136. The van der Waals surface area contributed by atoms with Crippen LogP contribution in [-0.2, 0) is 16.6 Å². The van der Waals surface area contributed by atoms with Crippen molar-refractivity contribution in [3.8, 4) is 5.88 Å². The average Bonchev–Trinajstić information content (AvgIpc) is 3.21. The van der Waals surface area contributed by atoms with Gasteiger partial charge >= 0.3 is 0 Å². The van der Waals surface area contributed by atoms with E-state index in [0.717, 1.165) is 51.4 Å². The lowest BCUT2D eigenvalue weighted by Gasteiger charge is -2.58. The summed E-state index contributed by atoms with van der Waals surface area (Å²) in [7, 11) is -3.20. The van der Waals surface area contributed by atoms with Gasteiger partial charge in [0.05, 0.1) is 23.2 Å². The number of nitrogens with one attached hydrogen (secondary N) is 1. The maximum Gasteiger partial charge on any atom is 0.258 e. The first kappa shape index (κ1) is 26.9. The van der Waals surface area contributed by atoms with E-state index in [0.29, 0.717) is 54.7 Å². The van der Waals surface area contributed by atoms with Gasteiger partial charge in [-0.1, -0.05) is 0 Å². The minimum Gasteiger partial charge on any atom is -0.475 e. The summed E-state index contributed by atoms with van der Waals surface area (Å²) in [4.78, 5) is 13.5. The van der Waals surface area contributed by atoms with Crippen LogP contribution >= 0.6 is 0 Å². The molecule has 2 unspecified atom stereocenters. The quantitative estimate of drug-likeness (QED) is 0.501. The van der Waals surface area contributed by atoms with Gasteiger partial charge in [-0.25, -0.2) is 17.4 Å². The number of aryl methyl sites for hydroxylation is 1. The molecule has 4 bridgehead atoms. The van der Waals surface area contributed by atoms with E-state index in [1.54, 1.807) is 29.0 Å². The van der Waals surface area contributed by atoms with Gasteiger partial charge in [0, 0.05) is 25.7 Å². The molecule has 1 amide bonds. The van der Waals surface area contributed by atoms with E-state index in [4.69, 9.17) is 4.74 Å². The fraction of sp³-hybridized carbons (Fsp3) is 0.852. The van der Waals surface area contributed by atoms with Crippen LogP contribution in [0, 0.1) is 23.7 Å². The molecule has 1 aliphatic heterocycles. The van der Waals surface area contributed by atoms with E-state index >= 15 is 0 Å². The molecule has 1 aromatic heterocycles. The molecule has 5 aliphatic rings. The van der Waals surface area contributed by atoms with Gasteiger partial charge in [0.1, 0.15) is 5.56 Å². The third kappa shape index (κ3) is 5.43. The molecule has 1 saturated heterocycles. The zero-order chi connectivity index (χ0) is 26.5. The lowest BCUT2D eigenvalue weighted by Crippen LogP contribution is -2.61. The molecule has 0 spiro atoms. The predicted molar refractivity (Wildman–Crippen MR) is 141 cm³/mol. The summed E-state index contributed by atoms with van der Waals surface area (Å²) in [5, 5.41) is 18.3. The summed E-state index contributed by atoms with van der Waals surface area (Å²) in [6.45, 7) is 9.11. The molecule has 0 aromatic carbocycles. The largest absolute Gasteiger partial charge is 0.475 e. The molecule has 2 N–H and O–H groups in total. The maximum absolute atomic E-state index is 13.5. The third-order valence-electron chi connectivity index (χ3n) is 9.20. The second-order valence-corrected chi connectivity index (χ2v) is 15.2. The van der Waals surface area contributed by atoms with Crippen molar-refractivity contribution >= 4 is 15.9 Å². The van der Waals surface area contributed by atoms with Crippen molar-refractivity contribution in [1.82, 2.24) is 19.4 Å². The zero-order valence-electron chi connectivity index (χ0n) is 22.7. The standard InChI is InChI=1S/C27H44N4O5S/c1-17(2)36-26-23(25(32)29-24-21-11-20-12-22(24)15-27(33,13-20)14-21)16-28-31(26)10-7-19-5-8-30(9-6-19)37(34,35)18(3)4/h16-22,24,33H,5-15H2,1-4H3,(H,29,32)/t20?,21?,22?,24-,27-. The van der Waals surface area contributed by atoms with Crippen LogP contribution in [0.15, 0.2) is 6.20 Å². The van der Waals surface area contributed by atoms with E-state index in [-0.39, 0.29) is 18.1 Å². The first-order valence-electron chi connectivity index (χ1n) is 14.2. The second kappa shape index (κ2) is 10.2. The Balaban J connectivity index is 1.22. The van der Waals surface area contributed by atoms with Crippen molar-refractivity contribution in [3.63, 3.8) is 0 Å². The van der Waals surface area contributed by atoms with Gasteiger partial charge in [-0.2, -0.15) is 5.10 Å². The number of aliphatic hydroxyl groups is 1. The lowest BCUT2D eigenvalue weighted by atomic mass is 9.52. The molecule has 6 rings (SSSR count). The molecular weight excluding hydrogens is 492 g/mol. The van der Waals surface area contributed by atoms with Crippen LogP contribution in [-0.4, -0.2) is 69.6 Å². The van der Waals surface area contributed by atoms with Crippen LogP contribution in [0.1, 0.15) is 89.4 Å². The van der Waals surface area contributed by atoms with Gasteiger partial charge < -0.3 is 15.2 Å². The van der Waals surface area contributed by atoms with Crippen molar-refractivity contribution in [1.29, 1.82) is 0 Å². The van der Waals surface area contributed by atoms with Crippen LogP contribution in [0.25, 0.3) is 0 Å². The summed E-state index contributed by atoms with van der Waals surface area (Å²) in [5.41, 5.74) is -0.0528. The van der Waals surface area contributed by atoms with E-state index in [2.05, 4.69) is 10.4 Å². The van der Waals surface area contributed by atoms with Crippen LogP contribution in [0.4, 0.5) is 0 Å². The fourth-order valence-electron chi connectivity index (χ4n) is 7.54. The first-order chi connectivity index (χ1) is 17.4. The van der Waals surface area contributed by atoms with E-state index in [1.165, 1.54) is 0 Å². The third-order valence-corrected chi connectivity index (χ3v) is 11.5. The smallest absolute Gasteiger partial charge is 0.258 e. The molecule has 5 fully saturated rings. The van der Waals surface area contributed by atoms with Crippen molar-refractivity contribution in [2.24, 2.45) is 23.7 Å². The number of carbonyl (C=O) groups is 1. The maximum atomic E-state index is 13.5. The number of sulfonamides is 1. The average molecular weight is 537 g/mol. The van der Waals surface area contributed by atoms with E-state index < -0.39 is 20.9 Å². The Hall–Kier alpha value is -1.65. The highest BCUT2D eigenvalue weighted by molar-refractivity contribution is 7.89. The normalized spacial score (nSPS) is 32.4. The van der Waals surface area contributed by atoms with E-state index in [1.807, 2.05) is 13.8 Å². The highest BCUT2D eigenvalue weighted by atomic mass is 32.2. The Labute approximate surface area is 221 Å². The number of rotatable bonds is 9. The van der Waals surface area contributed by atoms with Crippen molar-refractivity contribution in [3.05, 3.63) is 11.8 Å². The van der Waals surface area contributed by atoms with Gasteiger partial charge in [0.2, 0.25) is 15.9 Å². The molecule has 2 heterocycles. The van der Waals surface area contributed by atoms with Crippen molar-refractivity contribution in [2.75, 3.05) is 13.1 Å². The minimum atomic E-state index is -3.20. The number of hydrogen-bond donors (Lipinski definition) is 2. The van der Waals surface area contributed by atoms with Crippen molar-refractivity contribution in [2.45, 2.75) is 109 Å². The Morgan fingerprint density at radius 3 is 2.38 bits per heavy atom. The predicted octanol–water partition coefficient (Wildman–Crippen LogP) is 3.18. The van der Waals surface area contributed by atoms with Gasteiger partial charge in [-0.3, -0.25) is 4.79 Å². The molecule has 10 heteroatoms. The number of aromatic nitrogens is 2. The molecule has 1 aromatic rings. The molecule has 4 aliphatic carbocycles. The number of hydrogen-bond acceptors (Lipinski definition) is 6. The molecular formula is C27H44N4O5S. The Bertz CT molecular complexity index is 1080. The summed E-state index contributed by atoms with van der Waals surface area (Å²) in [6, 6.07) is 0.104. The van der Waals surface area contributed by atoms with Gasteiger partial charge in [-0.05, 0) is 103 Å². The molecule has 2 atom stereocenters. The van der Waals surface area contributed by atoms with Crippen LogP contribution in [0.5, 0.6) is 5.88 Å². The minimum absolute atomic E-state index is 0.0955. The fourth-order valence-corrected chi connectivity index (χ4v) is 8.85. The molecule has 4 saturated carbocycles. The molecule has 9 nitrogen and oxygen atoms in total. The monoisotopic (exact) mass is 536 g/mol. The SMILES string of the molecule is CC(C)Oc1c(C(=O)N[C@H]2C3CC4CC2C[C@](O)(C4)C3)cnn1CCC1CCN(S(=O)(=O)C(C)C)CC1. The zero-order valence-corrected chi connectivity index (χ0v) is 23.5. The Morgan fingerprint density at radius 1 is 1.16 bits per heavy atom. The van der Waals surface area contributed by atoms with Crippen molar-refractivity contribution < 1.29 is 23.1 Å². The molecule has 37 heavy (non-hydrogen) atoms. The van der Waals surface area contributed by atoms with Crippen LogP contribution in [0.2, 0.25) is 0 Å². The number of nitrogens with zero attached hydrogens (tertiary/aromatic N) is 3. The number of piperidine rings is 1. The van der Waals surface area contributed by atoms with Crippen LogP contribution in [0.3, 0.4) is 0 Å². The number of ether oxygens (including phenoxy) is 1. The summed E-state index contributed by atoms with van der Waals surface area (Å²) >= 11 is 0. The Morgan fingerprint density at radius 2 is 1.81 bits per heavy atom. The number of amides is 1. The molecule has 208 valence electrons. The summed E-state index contributed by atoms with van der Waals surface area (Å²) in [6.07, 6.45) is 8.73. The highest BCUT2D eigenvalue weighted by Crippen LogP contribution is 2.55. The van der Waals surface area contributed by atoms with E-state index in [9.17, 15) is 18.3 Å². The summed E-state index contributed by atoms with van der Waals surface area (Å²) < 4.78 is 34.5. The second-order valence-electron chi connectivity index (χ2n) is 12.7. The number of carbonyl (C=O) groups excluding carboxylic acids is 1. The highest BCUT2D eigenvalue weighted by Gasteiger charge is 2.55. The van der Waals surface area contributed by atoms with Gasteiger partial charge in [-0.15, -0.1) is 0 Å². The van der Waals surface area contributed by atoms with Gasteiger partial charge in [0.15, 0.2) is 0 Å². The topological polar surface area (TPSA) is 114 Å².